The molecule has 3 fully saturated rings. The zero-order valence-corrected chi connectivity index (χ0v) is 25.9. The Kier molecular flexibility index (Phi) is 7.99. The first-order valence-electron chi connectivity index (χ1n) is 16.0. The molecule has 1 heterocycles. The minimum absolute atomic E-state index is 0.158. The molecule has 0 radical (unpaired) electrons. The molecule has 1 amide bonds. The molecule has 0 saturated heterocycles. The highest BCUT2D eigenvalue weighted by molar-refractivity contribution is 5.96. The van der Waals surface area contributed by atoms with Gasteiger partial charge < -0.3 is 19.9 Å². The van der Waals surface area contributed by atoms with Crippen LogP contribution in [-0.2, 0) is 30.4 Å². The van der Waals surface area contributed by atoms with Crippen molar-refractivity contribution in [3.05, 3.63) is 47.7 Å². The molecular weight excluding hydrogens is 542 g/mol. The number of Topliss-reactive ketones (excluding diaryl/α,β-unsaturated/α-hetero) is 1. The number of carbonyl (C=O) groups is 3. The standard InChI is InChI=1S/C35H45N3O5/c1-21(39)27-11-12-28-26-10-9-23-18-24(13-15-34(23,2)29(26)14-16-35(27,28)3)38-43-20-32(40)37-31(33(41)42-4)17-22-19-36-30-8-6-5-7-25(22)30/h5-8,18-19,26-29,31,36H,9-17,20H2,1-4H3,(H,37,40)/b38-24-/t26-,27+,28-,29-,31+,34-,35+/m0/s1. The molecule has 4 aliphatic carbocycles. The van der Waals surface area contributed by atoms with Crippen LogP contribution in [0.5, 0.6) is 0 Å². The summed E-state index contributed by atoms with van der Waals surface area (Å²) in [6, 6.07) is 7.01. The molecule has 1 aromatic heterocycles. The number of nitrogens with zero attached hydrogens (tertiary/aromatic N) is 1. The Morgan fingerprint density at radius 3 is 2.67 bits per heavy atom. The van der Waals surface area contributed by atoms with E-state index in [-0.39, 0.29) is 23.4 Å². The average molecular weight is 588 g/mol. The predicted molar refractivity (Wildman–Crippen MR) is 165 cm³/mol. The third kappa shape index (κ3) is 5.31. The molecule has 2 N–H and O–H groups in total. The Morgan fingerprint density at radius 2 is 1.88 bits per heavy atom. The van der Waals surface area contributed by atoms with Crippen molar-refractivity contribution in [2.75, 3.05) is 13.7 Å². The number of aromatic amines is 1. The minimum atomic E-state index is -0.830. The number of allylic oxidation sites excluding steroid dienone is 2. The van der Waals surface area contributed by atoms with Crippen LogP contribution >= 0.6 is 0 Å². The maximum absolute atomic E-state index is 12.8. The fraction of sp³-hybridized carbons (Fsp3) is 0.600. The van der Waals surface area contributed by atoms with Crippen molar-refractivity contribution >= 4 is 34.3 Å². The monoisotopic (exact) mass is 587 g/mol. The largest absolute Gasteiger partial charge is 0.467 e. The zero-order chi connectivity index (χ0) is 30.4. The van der Waals surface area contributed by atoms with E-state index in [1.165, 1.54) is 31.9 Å². The van der Waals surface area contributed by atoms with Crippen molar-refractivity contribution in [3.8, 4) is 0 Å². The molecule has 1 aromatic carbocycles. The first kappa shape index (κ1) is 29.6. The highest BCUT2D eigenvalue weighted by Gasteiger charge is 2.59. The number of carbonyl (C=O) groups excluding carboxylic acids is 3. The van der Waals surface area contributed by atoms with Gasteiger partial charge >= 0.3 is 5.97 Å². The van der Waals surface area contributed by atoms with Gasteiger partial charge in [-0.15, -0.1) is 0 Å². The van der Waals surface area contributed by atoms with Crippen LogP contribution in [0.4, 0.5) is 0 Å². The van der Waals surface area contributed by atoms with Gasteiger partial charge in [-0.05, 0) is 105 Å². The zero-order valence-electron chi connectivity index (χ0n) is 25.9. The highest BCUT2D eigenvalue weighted by Crippen LogP contribution is 2.66. The van der Waals surface area contributed by atoms with E-state index in [2.05, 4.69) is 35.4 Å². The first-order valence-corrected chi connectivity index (χ1v) is 16.0. The summed E-state index contributed by atoms with van der Waals surface area (Å²) < 4.78 is 4.96. The van der Waals surface area contributed by atoms with Crippen molar-refractivity contribution in [2.24, 2.45) is 39.7 Å². The number of esters is 1. The van der Waals surface area contributed by atoms with Gasteiger partial charge in [0.05, 0.1) is 12.8 Å². The van der Waals surface area contributed by atoms with Crippen molar-refractivity contribution in [1.29, 1.82) is 0 Å². The number of ether oxygens (including phenoxy) is 1. The number of ketones is 1. The Hall–Kier alpha value is -3.42. The van der Waals surface area contributed by atoms with Gasteiger partial charge in [-0.1, -0.05) is 42.8 Å². The van der Waals surface area contributed by atoms with Gasteiger partial charge in [-0.2, -0.15) is 0 Å². The highest BCUT2D eigenvalue weighted by atomic mass is 16.6. The summed E-state index contributed by atoms with van der Waals surface area (Å²) in [5, 5.41) is 8.12. The van der Waals surface area contributed by atoms with Gasteiger partial charge in [0.15, 0.2) is 6.61 Å². The predicted octanol–water partition coefficient (Wildman–Crippen LogP) is 5.91. The molecule has 3 saturated carbocycles. The molecule has 0 spiro atoms. The van der Waals surface area contributed by atoms with Gasteiger partial charge in [0, 0.05) is 29.4 Å². The fourth-order valence-corrected chi connectivity index (χ4v) is 9.58. The second-order valence-corrected chi connectivity index (χ2v) is 13.9. The third-order valence-corrected chi connectivity index (χ3v) is 11.8. The molecule has 0 bridgehead atoms. The number of aromatic nitrogens is 1. The van der Waals surface area contributed by atoms with Crippen LogP contribution in [0.3, 0.4) is 0 Å². The normalized spacial score (nSPS) is 33.1. The van der Waals surface area contributed by atoms with Crippen LogP contribution in [0.2, 0.25) is 0 Å². The minimum Gasteiger partial charge on any atom is -0.467 e. The summed E-state index contributed by atoms with van der Waals surface area (Å²) in [5.74, 6) is 1.69. The van der Waals surface area contributed by atoms with Crippen molar-refractivity contribution in [2.45, 2.75) is 84.6 Å². The van der Waals surface area contributed by atoms with Crippen molar-refractivity contribution in [1.82, 2.24) is 10.3 Å². The second kappa shape index (κ2) is 11.6. The summed E-state index contributed by atoms with van der Waals surface area (Å²) in [7, 11) is 1.32. The lowest BCUT2D eigenvalue weighted by molar-refractivity contribution is -0.145. The van der Waals surface area contributed by atoms with E-state index < -0.39 is 17.9 Å². The molecular formula is C35H45N3O5. The molecule has 0 aliphatic heterocycles. The lowest BCUT2D eigenvalue weighted by Crippen LogP contribution is -2.51. The van der Waals surface area contributed by atoms with Gasteiger partial charge in [0.2, 0.25) is 0 Å². The number of H-pyrrole nitrogens is 1. The fourth-order valence-electron chi connectivity index (χ4n) is 9.58. The van der Waals surface area contributed by atoms with Crippen LogP contribution in [0.1, 0.15) is 77.7 Å². The van der Waals surface area contributed by atoms with E-state index in [0.717, 1.165) is 54.3 Å². The van der Waals surface area contributed by atoms with E-state index in [1.54, 1.807) is 6.92 Å². The van der Waals surface area contributed by atoms with E-state index in [9.17, 15) is 14.4 Å². The number of methoxy groups -OCH3 is 1. The topological polar surface area (TPSA) is 110 Å². The summed E-state index contributed by atoms with van der Waals surface area (Å²) in [5.41, 5.74) is 4.56. The summed E-state index contributed by atoms with van der Waals surface area (Å²) in [4.78, 5) is 46.4. The SMILES string of the molecule is COC(=O)[C@@H](Cc1c[nH]c2ccccc12)NC(=O)CO/N=C1\C=C2CC[C@H]3[C@@H]4CC[C@H](C(C)=O)[C@@]4(C)CC[C@@H]3[C@@]2(C)CC1. The Morgan fingerprint density at radius 1 is 1.07 bits per heavy atom. The number of hydrogen-bond acceptors (Lipinski definition) is 6. The van der Waals surface area contributed by atoms with Crippen molar-refractivity contribution < 1.29 is 24.0 Å². The molecule has 4 aliphatic rings. The Balaban J connectivity index is 1.07. The van der Waals surface area contributed by atoms with Crippen LogP contribution < -0.4 is 5.32 Å². The lowest BCUT2D eigenvalue weighted by Gasteiger charge is -2.58. The first-order chi connectivity index (χ1) is 20.6. The Bertz CT molecular complexity index is 1470. The smallest absolute Gasteiger partial charge is 0.328 e. The van der Waals surface area contributed by atoms with E-state index in [0.29, 0.717) is 30.0 Å². The molecule has 2 aromatic rings. The van der Waals surface area contributed by atoms with Gasteiger partial charge in [0.1, 0.15) is 11.8 Å². The Labute approximate surface area is 254 Å². The molecule has 7 atom stereocenters. The molecule has 8 nitrogen and oxygen atoms in total. The number of amides is 1. The van der Waals surface area contributed by atoms with Crippen LogP contribution in [-0.4, -0.2) is 48.1 Å². The summed E-state index contributed by atoms with van der Waals surface area (Å²) in [6.45, 7) is 6.37. The maximum atomic E-state index is 12.8. The molecule has 8 heteroatoms. The number of hydrogen-bond donors (Lipinski definition) is 2. The third-order valence-electron chi connectivity index (χ3n) is 11.8. The maximum Gasteiger partial charge on any atom is 0.328 e. The van der Waals surface area contributed by atoms with E-state index in [1.807, 2.05) is 30.5 Å². The molecule has 43 heavy (non-hydrogen) atoms. The van der Waals surface area contributed by atoms with E-state index in [4.69, 9.17) is 9.57 Å². The van der Waals surface area contributed by atoms with Crippen LogP contribution in [0, 0.1) is 34.5 Å². The molecule has 0 unspecified atom stereocenters. The number of rotatable bonds is 8. The number of benzene rings is 1. The summed E-state index contributed by atoms with van der Waals surface area (Å²) in [6.07, 6.45) is 13.1. The van der Waals surface area contributed by atoms with Crippen molar-refractivity contribution in [3.63, 3.8) is 0 Å². The van der Waals surface area contributed by atoms with Gasteiger partial charge in [-0.3, -0.25) is 9.59 Å². The van der Waals surface area contributed by atoms with Gasteiger partial charge in [0.25, 0.3) is 5.91 Å². The van der Waals surface area contributed by atoms with E-state index >= 15 is 0 Å². The van der Waals surface area contributed by atoms with Gasteiger partial charge in [-0.25, -0.2) is 4.79 Å². The molecule has 6 rings (SSSR count). The van der Waals surface area contributed by atoms with Crippen LogP contribution in [0.25, 0.3) is 10.9 Å². The lowest BCUT2D eigenvalue weighted by atomic mass is 9.46. The number of fused-ring (bicyclic) bond motifs is 6. The number of oxime groups is 1. The molecule has 230 valence electrons. The second-order valence-electron chi connectivity index (χ2n) is 13.9. The average Bonchev–Trinajstić information content (AvgIpc) is 3.57. The number of nitrogens with one attached hydrogen (secondary N) is 2. The quantitative estimate of drug-likeness (QED) is 0.295. The summed E-state index contributed by atoms with van der Waals surface area (Å²) >= 11 is 0. The van der Waals surface area contributed by atoms with Crippen LogP contribution in [0.15, 0.2) is 47.3 Å². The number of para-hydroxylation sites is 1.